The normalized spacial score (nSPS) is 11.4. The Kier molecular flexibility index (Phi) is 6.34. The van der Waals surface area contributed by atoms with E-state index in [-0.39, 0.29) is 17.2 Å². The molecule has 152 valence electrons. The number of aromatic nitrogens is 1. The second-order valence-corrected chi connectivity index (χ2v) is 9.62. The summed E-state index contributed by atoms with van der Waals surface area (Å²) in [6.07, 6.45) is 0.199. The third kappa shape index (κ3) is 5.65. The van der Waals surface area contributed by atoms with Gasteiger partial charge in [-0.25, -0.2) is 13.4 Å². The number of carbonyl (C=O) groups excluding carboxylic acids is 1. The van der Waals surface area contributed by atoms with E-state index < -0.39 is 10.0 Å². The van der Waals surface area contributed by atoms with E-state index in [2.05, 4.69) is 28.9 Å². The molecule has 0 aliphatic heterocycles. The number of nitrogens with one attached hydrogen (secondary N) is 2. The van der Waals surface area contributed by atoms with E-state index in [1.165, 1.54) is 0 Å². The lowest BCUT2D eigenvalue weighted by molar-refractivity contribution is -0.115. The molecule has 2 aromatic carbocycles. The van der Waals surface area contributed by atoms with E-state index in [1.54, 1.807) is 59.9 Å². The van der Waals surface area contributed by atoms with E-state index >= 15 is 0 Å². The van der Waals surface area contributed by atoms with Gasteiger partial charge in [0.25, 0.3) is 10.0 Å². The Morgan fingerprint density at radius 2 is 1.66 bits per heavy atom. The monoisotopic (exact) mass is 429 g/mol. The number of carbonyl (C=O) groups is 1. The van der Waals surface area contributed by atoms with Gasteiger partial charge in [0.05, 0.1) is 22.0 Å². The minimum Gasteiger partial charge on any atom is -0.326 e. The van der Waals surface area contributed by atoms with Crippen molar-refractivity contribution < 1.29 is 13.2 Å². The van der Waals surface area contributed by atoms with Crippen LogP contribution in [0.3, 0.4) is 0 Å². The summed E-state index contributed by atoms with van der Waals surface area (Å²) in [5.41, 5.74) is 2.75. The van der Waals surface area contributed by atoms with Crippen molar-refractivity contribution in [1.29, 1.82) is 0 Å². The van der Waals surface area contributed by atoms with E-state index in [4.69, 9.17) is 0 Å². The molecule has 0 aliphatic rings. The third-order valence-corrected chi connectivity index (χ3v) is 6.75. The number of anilines is 2. The molecule has 0 saturated carbocycles. The number of amides is 1. The summed E-state index contributed by atoms with van der Waals surface area (Å²) >= 11 is 1.56. The van der Waals surface area contributed by atoms with Gasteiger partial charge in [0, 0.05) is 22.7 Å². The van der Waals surface area contributed by atoms with E-state index in [1.807, 2.05) is 12.3 Å². The summed E-state index contributed by atoms with van der Waals surface area (Å²) in [6.45, 7) is 6.03. The summed E-state index contributed by atoms with van der Waals surface area (Å²) < 4.78 is 27.4. The van der Waals surface area contributed by atoms with Crippen molar-refractivity contribution in [2.45, 2.75) is 38.0 Å². The number of benzene rings is 2. The molecule has 0 saturated heterocycles. The van der Waals surface area contributed by atoms with Crippen molar-refractivity contribution in [3.8, 4) is 0 Å². The lowest BCUT2D eigenvalue weighted by atomic mass is 10.2. The molecule has 0 aliphatic carbocycles. The summed E-state index contributed by atoms with van der Waals surface area (Å²) in [7, 11) is -3.66. The minimum atomic E-state index is -3.66. The van der Waals surface area contributed by atoms with Gasteiger partial charge in [0.2, 0.25) is 5.91 Å². The Bertz CT molecular complexity index is 1090. The van der Waals surface area contributed by atoms with Gasteiger partial charge in [-0.3, -0.25) is 9.52 Å². The van der Waals surface area contributed by atoms with Crippen molar-refractivity contribution in [3.05, 3.63) is 70.2 Å². The number of hydrogen-bond acceptors (Lipinski definition) is 5. The highest BCUT2D eigenvalue weighted by Crippen LogP contribution is 2.21. The fourth-order valence-electron chi connectivity index (χ4n) is 2.59. The molecule has 3 rings (SSSR count). The number of nitrogens with zero attached hydrogens (tertiary/aromatic N) is 1. The zero-order chi connectivity index (χ0) is 21.0. The maximum absolute atomic E-state index is 12.4. The van der Waals surface area contributed by atoms with Crippen LogP contribution in [-0.4, -0.2) is 19.3 Å². The first-order valence-electron chi connectivity index (χ1n) is 9.16. The summed E-state index contributed by atoms with van der Waals surface area (Å²) in [5.74, 6) is 0.173. The molecule has 0 bridgehead atoms. The lowest BCUT2D eigenvalue weighted by Gasteiger charge is -2.10. The molecule has 1 heterocycles. The van der Waals surface area contributed by atoms with E-state index in [0.29, 0.717) is 17.3 Å². The van der Waals surface area contributed by atoms with Gasteiger partial charge in [-0.05, 0) is 43.3 Å². The highest BCUT2D eigenvalue weighted by Gasteiger charge is 2.14. The fraction of sp³-hybridized carbons (Fsp3) is 0.238. The Hall–Kier alpha value is -2.71. The van der Waals surface area contributed by atoms with Crippen LogP contribution in [0.2, 0.25) is 0 Å². The maximum Gasteiger partial charge on any atom is 0.261 e. The van der Waals surface area contributed by atoms with Gasteiger partial charge in [0.1, 0.15) is 0 Å². The van der Waals surface area contributed by atoms with Crippen molar-refractivity contribution >= 4 is 38.6 Å². The molecule has 1 amide bonds. The minimum absolute atomic E-state index is 0.168. The van der Waals surface area contributed by atoms with Crippen LogP contribution in [0.15, 0.2) is 58.8 Å². The van der Waals surface area contributed by atoms with Crippen molar-refractivity contribution in [2.24, 2.45) is 0 Å². The van der Waals surface area contributed by atoms with Gasteiger partial charge in [-0.1, -0.05) is 31.5 Å². The topological polar surface area (TPSA) is 88.2 Å². The Morgan fingerprint density at radius 3 is 2.24 bits per heavy atom. The van der Waals surface area contributed by atoms with Crippen LogP contribution in [0.4, 0.5) is 11.4 Å². The molecular weight excluding hydrogens is 406 g/mol. The first kappa shape index (κ1) is 21.0. The fourth-order valence-corrected chi connectivity index (χ4v) is 4.49. The molecule has 6 nitrogen and oxygen atoms in total. The molecule has 0 spiro atoms. The zero-order valence-electron chi connectivity index (χ0n) is 16.5. The number of thiazole rings is 1. The molecule has 0 unspecified atom stereocenters. The molecule has 0 atom stereocenters. The first-order valence-corrected chi connectivity index (χ1v) is 11.5. The average Bonchev–Trinajstić information content (AvgIpc) is 3.12. The van der Waals surface area contributed by atoms with Crippen molar-refractivity contribution in [3.63, 3.8) is 0 Å². The highest BCUT2D eigenvalue weighted by atomic mass is 32.2. The molecule has 29 heavy (non-hydrogen) atoms. The predicted molar refractivity (Wildman–Crippen MR) is 117 cm³/mol. The van der Waals surface area contributed by atoms with Gasteiger partial charge in [0.15, 0.2) is 0 Å². The van der Waals surface area contributed by atoms with Crippen molar-refractivity contribution in [1.82, 2.24) is 4.98 Å². The quantitative estimate of drug-likeness (QED) is 0.576. The average molecular weight is 430 g/mol. The van der Waals surface area contributed by atoms with Crippen LogP contribution in [0.1, 0.15) is 36.0 Å². The first-order chi connectivity index (χ1) is 13.7. The van der Waals surface area contributed by atoms with Gasteiger partial charge in [-0.2, -0.15) is 0 Å². The van der Waals surface area contributed by atoms with Crippen LogP contribution in [0, 0.1) is 6.92 Å². The number of sulfonamides is 1. The van der Waals surface area contributed by atoms with Crippen LogP contribution < -0.4 is 10.0 Å². The van der Waals surface area contributed by atoms with Crippen LogP contribution >= 0.6 is 11.3 Å². The second kappa shape index (κ2) is 8.75. The Labute approximate surface area is 175 Å². The Morgan fingerprint density at radius 1 is 1.03 bits per heavy atom. The summed E-state index contributed by atoms with van der Waals surface area (Å²) in [4.78, 5) is 16.9. The summed E-state index contributed by atoms with van der Waals surface area (Å²) in [5, 5.41) is 5.72. The maximum atomic E-state index is 12.4. The van der Waals surface area contributed by atoms with Crippen molar-refractivity contribution in [2.75, 3.05) is 10.0 Å². The van der Waals surface area contributed by atoms with Crippen LogP contribution in [0.5, 0.6) is 0 Å². The van der Waals surface area contributed by atoms with Gasteiger partial charge < -0.3 is 5.32 Å². The smallest absolute Gasteiger partial charge is 0.261 e. The largest absolute Gasteiger partial charge is 0.326 e. The molecule has 0 radical (unpaired) electrons. The molecular formula is C21H23N3O3S2. The Balaban J connectivity index is 1.60. The standard InChI is InChI=1S/C21H23N3O3S2/c1-14(2)21-23-18(13-28-21)12-20(25)22-16-6-8-17(9-7-16)24-29(26,27)19-10-4-15(3)5-11-19/h4-11,13-14,24H,12H2,1-3H3,(H,22,25). The molecule has 0 fully saturated rings. The summed E-state index contributed by atoms with van der Waals surface area (Å²) in [6, 6.07) is 13.2. The molecule has 3 aromatic rings. The van der Waals surface area contributed by atoms with Crippen LogP contribution in [-0.2, 0) is 21.2 Å². The second-order valence-electron chi connectivity index (χ2n) is 7.05. The van der Waals surface area contributed by atoms with Gasteiger partial charge >= 0.3 is 0 Å². The van der Waals surface area contributed by atoms with E-state index in [0.717, 1.165) is 16.3 Å². The lowest BCUT2D eigenvalue weighted by Crippen LogP contribution is -2.15. The van der Waals surface area contributed by atoms with E-state index in [9.17, 15) is 13.2 Å². The molecule has 8 heteroatoms. The number of hydrogen-bond donors (Lipinski definition) is 2. The van der Waals surface area contributed by atoms with Crippen LogP contribution in [0.25, 0.3) is 0 Å². The predicted octanol–water partition coefficient (Wildman–Crippen LogP) is 4.56. The third-order valence-electron chi connectivity index (χ3n) is 4.16. The van der Waals surface area contributed by atoms with Gasteiger partial charge in [-0.15, -0.1) is 11.3 Å². The zero-order valence-corrected chi connectivity index (χ0v) is 18.1. The molecule has 1 aromatic heterocycles. The molecule has 2 N–H and O–H groups in total. The highest BCUT2D eigenvalue weighted by molar-refractivity contribution is 7.92. The number of aryl methyl sites for hydroxylation is 1. The number of rotatable bonds is 7. The SMILES string of the molecule is Cc1ccc(S(=O)(=O)Nc2ccc(NC(=O)Cc3csc(C(C)C)n3)cc2)cc1.